The van der Waals surface area contributed by atoms with Crippen molar-refractivity contribution in [3.05, 3.63) is 143 Å². The number of hydrogen-bond acceptors (Lipinski definition) is 1. The summed E-state index contributed by atoms with van der Waals surface area (Å²) in [6.45, 7) is 0. The van der Waals surface area contributed by atoms with Crippen LogP contribution in [-0.2, 0) is 0 Å². The number of allylic oxidation sites excluding steroid dienone is 1. The monoisotopic (exact) mass is 372 g/mol. The lowest BCUT2D eigenvalue weighted by Gasteiger charge is -2.19. The number of rotatable bonds is 3. The first kappa shape index (κ1) is 17.4. The summed E-state index contributed by atoms with van der Waals surface area (Å²) >= 11 is 0. The van der Waals surface area contributed by atoms with Crippen LogP contribution < -0.4 is 0 Å². The van der Waals surface area contributed by atoms with E-state index in [9.17, 15) is 4.79 Å². The Labute approximate surface area is 171 Å². The Bertz CT molecular complexity index is 1150. The standard InChI is InChI=1S/C28H20O/c29-28-24-19-11-10-18-23(24)27(26(28)22-16-8-3-9-17-22)25(20-12-4-1-5-13-20)21-14-6-2-7-15-21/h1-19,26H. The van der Waals surface area contributed by atoms with Gasteiger partial charge in [-0.2, -0.15) is 0 Å². The molecular formula is C28H20O. The van der Waals surface area contributed by atoms with Crippen LogP contribution in [0.1, 0.15) is 38.5 Å². The summed E-state index contributed by atoms with van der Waals surface area (Å²) in [5, 5.41) is 0. The molecule has 0 aliphatic heterocycles. The quantitative estimate of drug-likeness (QED) is 0.395. The van der Waals surface area contributed by atoms with E-state index in [1.807, 2.05) is 48.5 Å². The fourth-order valence-corrected chi connectivity index (χ4v) is 4.30. The molecule has 0 aromatic heterocycles. The fraction of sp³-hybridized carbons (Fsp3) is 0.0357. The van der Waals surface area contributed by atoms with Gasteiger partial charge in [0.25, 0.3) is 0 Å². The van der Waals surface area contributed by atoms with E-state index in [0.717, 1.165) is 39.0 Å². The average molecular weight is 372 g/mol. The second-order valence-electron chi connectivity index (χ2n) is 7.27. The lowest BCUT2D eigenvalue weighted by molar-refractivity contribution is 0.0986. The zero-order valence-corrected chi connectivity index (χ0v) is 16.0. The Morgan fingerprint density at radius 2 is 0.966 bits per heavy atom. The minimum atomic E-state index is -0.302. The van der Waals surface area contributed by atoms with Crippen molar-refractivity contribution in [1.82, 2.24) is 0 Å². The Kier molecular flexibility index (Phi) is 4.42. The lowest BCUT2D eigenvalue weighted by atomic mass is 9.83. The van der Waals surface area contributed by atoms with E-state index in [1.165, 1.54) is 0 Å². The number of benzene rings is 4. The molecule has 1 nitrogen and oxygen atoms in total. The summed E-state index contributed by atoms with van der Waals surface area (Å²) in [4.78, 5) is 13.5. The average Bonchev–Trinajstić information content (AvgIpc) is 3.09. The second-order valence-corrected chi connectivity index (χ2v) is 7.27. The van der Waals surface area contributed by atoms with Crippen LogP contribution >= 0.6 is 0 Å². The van der Waals surface area contributed by atoms with Crippen LogP contribution in [0.4, 0.5) is 0 Å². The van der Waals surface area contributed by atoms with Crippen LogP contribution in [0.25, 0.3) is 11.1 Å². The summed E-state index contributed by atoms with van der Waals surface area (Å²) in [6, 6.07) is 38.9. The summed E-state index contributed by atoms with van der Waals surface area (Å²) in [5.74, 6) is -0.129. The van der Waals surface area contributed by atoms with Crippen LogP contribution in [0, 0.1) is 0 Å². The third kappa shape index (κ3) is 3.01. The first-order valence-electron chi connectivity index (χ1n) is 9.88. The lowest BCUT2D eigenvalue weighted by Crippen LogP contribution is -2.08. The van der Waals surface area contributed by atoms with Gasteiger partial charge in [-0.15, -0.1) is 0 Å². The molecule has 29 heavy (non-hydrogen) atoms. The van der Waals surface area contributed by atoms with Gasteiger partial charge in [0.1, 0.15) is 0 Å². The van der Waals surface area contributed by atoms with Gasteiger partial charge in [-0.3, -0.25) is 4.79 Å². The summed E-state index contributed by atoms with van der Waals surface area (Å²) in [6.07, 6.45) is 0. The van der Waals surface area contributed by atoms with E-state index < -0.39 is 0 Å². The predicted molar refractivity (Wildman–Crippen MR) is 119 cm³/mol. The predicted octanol–water partition coefficient (Wildman–Crippen LogP) is 6.63. The number of ketones is 1. The van der Waals surface area contributed by atoms with Crippen molar-refractivity contribution >= 4 is 16.9 Å². The molecule has 4 aromatic carbocycles. The molecule has 1 heteroatoms. The van der Waals surface area contributed by atoms with Crippen LogP contribution in [0.3, 0.4) is 0 Å². The van der Waals surface area contributed by atoms with E-state index in [0.29, 0.717) is 0 Å². The van der Waals surface area contributed by atoms with Gasteiger partial charge in [-0.1, -0.05) is 115 Å². The van der Waals surface area contributed by atoms with E-state index in [-0.39, 0.29) is 11.7 Å². The van der Waals surface area contributed by atoms with Crippen molar-refractivity contribution in [3.63, 3.8) is 0 Å². The first-order valence-corrected chi connectivity index (χ1v) is 9.88. The molecule has 0 radical (unpaired) electrons. The molecule has 138 valence electrons. The van der Waals surface area contributed by atoms with E-state index >= 15 is 0 Å². The second kappa shape index (κ2) is 7.37. The van der Waals surface area contributed by atoms with Gasteiger partial charge < -0.3 is 0 Å². The molecule has 0 fully saturated rings. The number of carbonyl (C=O) groups is 1. The highest BCUT2D eigenvalue weighted by molar-refractivity contribution is 6.22. The summed E-state index contributed by atoms with van der Waals surface area (Å²) in [7, 11) is 0. The molecule has 0 N–H and O–H groups in total. The molecule has 1 aliphatic rings. The minimum absolute atomic E-state index is 0.172. The van der Waals surface area contributed by atoms with Gasteiger partial charge >= 0.3 is 0 Å². The molecule has 1 unspecified atom stereocenters. The van der Waals surface area contributed by atoms with Gasteiger partial charge in [0, 0.05) is 5.56 Å². The number of fused-ring (bicyclic) bond motifs is 1. The Morgan fingerprint density at radius 3 is 1.52 bits per heavy atom. The molecule has 0 amide bonds. The van der Waals surface area contributed by atoms with Gasteiger partial charge in [0.2, 0.25) is 0 Å². The van der Waals surface area contributed by atoms with Crippen molar-refractivity contribution in [2.45, 2.75) is 5.92 Å². The molecule has 0 heterocycles. The van der Waals surface area contributed by atoms with Crippen LogP contribution in [0.15, 0.2) is 115 Å². The normalized spacial score (nSPS) is 15.2. The van der Waals surface area contributed by atoms with Crippen molar-refractivity contribution < 1.29 is 4.79 Å². The van der Waals surface area contributed by atoms with E-state index in [2.05, 4.69) is 66.7 Å². The fourth-order valence-electron chi connectivity index (χ4n) is 4.30. The highest BCUT2D eigenvalue weighted by Crippen LogP contribution is 2.48. The van der Waals surface area contributed by atoms with Crippen molar-refractivity contribution in [1.29, 1.82) is 0 Å². The zero-order valence-electron chi connectivity index (χ0n) is 16.0. The SMILES string of the molecule is O=C1c2ccccc2C(=C(c2ccccc2)c2ccccc2)C1c1ccccc1. The molecule has 1 atom stereocenters. The topological polar surface area (TPSA) is 17.1 Å². The van der Waals surface area contributed by atoms with Crippen LogP contribution in [-0.4, -0.2) is 5.78 Å². The van der Waals surface area contributed by atoms with Crippen molar-refractivity contribution in [2.75, 3.05) is 0 Å². The third-order valence-corrected chi connectivity index (χ3v) is 5.56. The first-order chi connectivity index (χ1) is 14.3. The van der Waals surface area contributed by atoms with Crippen molar-refractivity contribution in [3.8, 4) is 0 Å². The largest absolute Gasteiger partial charge is 0.293 e. The molecular weight excluding hydrogens is 352 g/mol. The number of carbonyl (C=O) groups excluding carboxylic acids is 1. The molecule has 4 aromatic rings. The minimum Gasteiger partial charge on any atom is -0.293 e. The van der Waals surface area contributed by atoms with Gasteiger partial charge in [0.05, 0.1) is 5.92 Å². The molecule has 0 bridgehead atoms. The number of Topliss-reactive ketones (excluding diaryl/α,β-unsaturated/α-hetero) is 1. The summed E-state index contributed by atoms with van der Waals surface area (Å²) < 4.78 is 0. The Hall–Kier alpha value is -3.71. The number of hydrogen-bond donors (Lipinski definition) is 0. The maximum atomic E-state index is 13.5. The third-order valence-electron chi connectivity index (χ3n) is 5.56. The Morgan fingerprint density at radius 1 is 0.517 bits per heavy atom. The molecule has 1 aliphatic carbocycles. The van der Waals surface area contributed by atoms with Crippen LogP contribution in [0.2, 0.25) is 0 Å². The van der Waals surface area contributed by atoms with Gasteiger partial charge in [-0.25, -0.2) is 0 Å². The Balaban J connectivity index is 1.89. The molecule has 0 saturated heterocycles. The molecule has 5 rings (SSSR count). The van der Waals surface area contributed by atoms with E-state index in [1.54, 1.807) is 0 Å². The van der Waals surface area contributed by atoms with Gasteiger partial charge in [-0.05, 0) is 33.4 Å². The highest BCUT2D eigenvalue weighted by Gasteiger charge is 2.38. The maximum Gasteiger partial charge on any atom is 0.175 e. The van der Waals surface area contributed by atoms with Crippen LogP contribution in [0.5, 0.6) is 0 Å². The van der Waals surface area contributed by atoms with Gasteiger partial charge in [0.15, 0.2) is 5.78 Å². The maximum absolute atomic E-state index is 13.5. The highest BCUT2D eigenvalue weighted by atomic mass is 16.1. The van der Waals surface area contributed by atoms with Crippen molar-refractivity contribution in [2.24, 2.45) is 0 Å². The van der Waals surface area contributed by atoms with E-state index in [4.69, 9.17) is 0 Å². The summed E-state index contributed by atoms with van der Waals surface area (Å²) in [5.41, 5.74) is 7.34. The molecule has 0 spiro atoms. The zero-order chi connectivity index (χ0) is 19.6. The smallest absolute Gasteiger partial charge is 0.175 e. The molecule has 0 saturated carbocycles.